The van der Waals surface area contributed by atoms with E-state index in [-0.39, 0.29) is 129 Å². The third-order valence-corrected chi connectivity index (χ3v) is 38.4. The molecular weight excluding hydrogens is 1940 g/mol. The van der Waals surface area contributed by atoms with E-state index in [1.54, 1.807) is 0 Å². The van der Waals surface area contributed by atoms with Gasteiger partial charge in [-0.15, -0.1) is 6.58 Å². The van der Waals surface area contributed by atoms with Crippen molar-refractivity contribution in [3.05, 3.63) is 82.5 Å². The predicted octanol–water partition coefficient (Wildman–Crippen LogP) is 23.8. The molecule has 22 atom stereocenters. The summed E-state index contributed by atoms with van der Waals surface area (Å²) in [6, 6.07) is 15.1. The first-order valence-corrected chi connectivity index (χ1v) is 58.3. The summed E-state index contributed by atoms with van der Waals surface area (Å²) in [5.41, 5.74) is 4.52. The van der Waals surface area contributed by atoms with Gasteiger partial charge in [-0.25, -0.2) is 0 Å². The summed E-state index contributed by atoms with van der Waals surface area (Å²) in [4.78, 5) is 11.0. The number of allylic oxidation sites excluding steroid dienone is 3. The summed E-state index contributed by atoms with van der Waals surface area (Å²) in [5.74, 6) is -0.957. The molecule has 18 aliphatic rings. The van der Waals surface area contributed by atoms with Crippen LogP contribution in [0.1, 0.15) is 292 Å². The lowest BCUT2D eigenvalue weighted by atomic mass is 9.59. The molecule has 26 heteroatoms. The number of carbonyl (C=O) groups excluding carboxylic acids is 1. The Bertz CT molecular complexity index is 3950. The van der Waals surface area contributed by atoms with Crippen LogP contribution in [0.2, 0.25) is 19.6 Å². The molecule has 20 unspecified atom stereocenters. The van der Waals surface area contributed by atoms with Crippen molar-refractivity contribution in [2.24, 2.45) is 121 Å². The molecule has 6 heterocycles. The maximum absolute atomic E-state index is 11.0. The van der Waals surface area contributed by atoms with Crippen LogP contribution in [0, 0.1) is 189 Å². The smallest absolute Gasteiger partial charge is 0.184 e. The highest BCUT2D eigenvalue weighted by Crippen LogP contribution is 2.70. The van der Waals surface area contributed by atoms with Gasteiger partial charge in [0, 0.05) is 84.0 Å². The molecule has 768 valence electrons. The quantitative estimate of drug-likeness (QED) is 0.0350. The number of rotatable bonds is 24. The molecule has 0 aromatic rings. The van der Waals surface area contributed by atoms with Crippen LogP contribution in [-0.2, 0) is 66.1 Å². The van der Waals surface area contributed by atoms with E-state index in [1.165, 1.54) is 18.4 Å². The Morgan fingerprint density at radius 3 is 0.812 bits per heavy atom. The lowest BCUT2D eigenvalue weighted by Gasteiger charge is -2.47. The van der Waals surface area contributed by atoms with Crippen molar-refractivity contribution < 1.29 is 81.4 Å². The van der Waals surface area contributed by atoms with E-state index in [2.05, 4.69) is 175 Å². The first-order chi connectivity index (χ1) is 66.0. The van der Waals surface area contributed by atoms with Gasteiger partial charge in [-0.1, -0.05) is 147 Å². The lowest BCUT2D eigenvalue weighted by Crippen LogP contribution is -2.48. The number of hydrogen-bond acceptors (Lipinski definition) is 23. The molecular formula is C112H170BrIN6O17Si. The first-order valence-electron chi connectivity index (χ1n) is 53.0. The van der Waals surface area contributed by atoms with Gasteiger partial charge >= 0.3 is 0 Å². The number of aldehydes is 1. The molecule has 18 rings (SSSR count). The second-order valence-electron chi connectivity index (χ2n) is 45.2. The van der Waals surface area contributed by atoms with Gasteiger partial charge in [-0.2, -0.15) is 31.6 Å². The van der Waals surface area contributed by atoms with Crippen molar-refractivity contribution in [3.63, 3.8) is 0 Å². The van der Waals surface area contributed by atoms with Crippen molar-refractivity contribution in [3.8, 4) is 36.4 Å². The van der Waals surface area contributed by atoms with Crippen molar-refractivity contribution in [2.45, 2.75) is 352 Å². The second kappa shape index (κ2) is 49.8. The largest absolute Gasteiger partial charge is 0.413 e. The molecule has 3 N–H and O–H groups in total. The van der Waals surface area contributed by atoms with Crippen molar-refractivity contribution in [2.75, 3.05) is 99.1 Å². The Labute approximate surface area is 851 Å². The maximum Gasteiger partial charge on any atom is 0.184 e. The first kappa shape index (κ1) is 114. The molecule has 0 bridgehead atoms. The Hall–Kier alpha value is -4.42. The molecule has 0 aromatic carbocycles. The Morgan fingerprint density at radius 2 is 0.609 bits per heavy atom. The van der Waals surface area contributed by atoms with E-state index >= 15 is 0 Å². The number of aliphatic hydroxyl groups excluding tert-OH is 3. The monoisotopic (exact) mass is 2110 g/mol. The Balaban J connectivity index is 0.000000155. The van der Waals surface area contributed by atoms with Gasteiger partial charge < -0.3 is 81.4 Å². The highest BCUT2D eigenvalue weighted by Gasteiger charge is 2.70. The third-order valence-electron chi connectivity index (χ3n) is 36.5. The Morgan fingerprint density at radius 1 is 0.384 bits per heavy atom. The summed E-state index contributed by atoms with van der Waals surface area (Å²) in [6.45, 7) is 55.4. The van der Waals surface area contributed by atoms with Gasteiger partial charge in [-0.05, 0) is 281 Å². The summed E-state index contributed by atoms with van der Waals surface area (Å²) in [7, 11) is -1.29. The van der Waals surface area contributed by atoms with Crippen LogP contribution in [-0.4, -0.2) is 170 Å². The molecule has 0 amide bonds. The highest BCUT2D eigenvalue weighted by atomic mass is 127. The van der Waals surface area contributed by atoms with Gasteiger partial charge in [0.1, 0.15) is 6.29 Å². The summed E-state index contributed by atoms with van der Waals surface area (Å²) in [5, 5.41) is 86.9. The fourth-order valence-electron chi connectivity index (χ4n) is 30.4. The van der Waals surface area contributed by atoms with E-state index in [0.717, 1.165) is 262 Å². The van der Waals surface area contributed by atoms with Gasteiger partial charge in [0.05, 0.1) is 177 Å². The normalized spacial score (nSPS) is 35.9. The minimum absolute atomic E-state index is 0.0175. The number of nitriles is 6. The lowest BCUT2D eigenvalue weighted by molar-refractivity contribution is -0.211. The minimum Gasteiger partial charge on any atom is -0.413 e. The van der Waals surface area contributed by atoms with Crippen LogP contribution < -0.4 is 0 Å². The van der Waals surface area contributed by atoms with Crippen LogP contribution in [0.25, 0.3) is 0 Å². The van der Waals surface area contributed by atoms with Crippen molar-refractivity contribution in [1.29, 1.82) is 31.6 Å². The van der Waals surface area contributed by atoms with Gasteiger partial charge in [0.15, 0.2) is 43.0 Å². The molecule has 6 aliphatic heterocycles. The maximum atomic E-state index is 11.0. The van der Waals surface area contributed by atoms with Crippen LogP contribution in [0.4, 0.5) is 0 Å². The van der Waals surface area contributed by atoms with Crippen LogP contribution >= 0.6 is 38.5 Å². The molecule has 0 radical (unpaired) electrons. The second-order valence-corrected chi connectivity index (χ2v) is 52.4. The molecule has 23 nitrogen and oxygen atoms in total. The third kappa shape index (κ3) is 24.7. The number of ether oxygens (including phenoxy) is 12. The van der Waals surface area contributed by atoms with E-state index in [1.807, 2.05) is 13.0 Å². The summed E-state index contributed by atoms with van der Waals surface area (Å²) < 4.78 is 79.8. The number of nitrogens with zero attached hydrogens (tertiary/aromatic N) is 6. The zero-order valence-corrected chi connectivity index (χ0v) is 90.3. The number of carbonyl (C=O) groups is 1. The summed E-state index contributed by atoms with van der Waals surface area (Å²) >= 11 is 5.36. The molecule has 18 fully saturated rings. The van der Waals surface area contributed by atoms with Crippen molar-refractivity contribution in [1.82, 2.24) is 0 Å². The van der Waals surface area contributed by atoms with E-state index in [4.69, 9.17) is 61.3 Å². The van der Waals surface area contributed by atoms with E-state index in [9.17, 15) is 51.7 Å². The van der Waals surface area contributed by atoms with Crippen LogP contribution in [0.5, 0.6) is 0 Å². The average molecular weight is 2110 g/mol. The van der Waals surface area contributed by atoms with Gasteiger partial charge in [-0.3, -0.25) is 0 Å². The topological polar surface area (TPSA) is 340 Å². The summed E-state index contributed by atoms with van der Waals surface area (Å²) in [6.07, 6.45) is 41.5. The SMILES string of the molecule is C=C(Br)CC.C=C(CC)C(C)CC12CCCC(C#N)C1C1(CC2)OCCO1.C=C(CC)C(O)CC12CCCC(C#N)C1C1(CC2)OCCO1.C=C(CO)[C@@H](C)CC12CCCC(C#N)C1C1(CC2)OCCO1.C=C(CO)[C@H](C)CC12CCCC(C#N)C1C1(CC2)OCCO1.C=C(I)CO[Si](C)(C)C.C=CCC12CCCC(C#N)C1C1(CC2)OCCO1.N#CC1CCCC2(CC=O)CCC3(OCCO3)C12. The number of fused-ring (bicyclic) bond motifs is 12. The average Bonchev–Trinajstić information content (AvgIpc) is 1.60. The fourth-order valence-corrected chi connectivity index (χ4v) is 31.4. The number of halogens is 2. The molecule has 0 aromatic heterocycles. The molecule has 12 saturated carbocycles. The Kier molecular flexibility index (Phi) is 41.1. The molecule has 6 saturated heterocycles. The van der Waals surface area contributed by atoms with Crippen LogP contribution in [0.15, 0.2) is 82.5 Å². The number of hydrogen-bond donors (Lipinski definition) is 3. The fraction of sp³-hybridized carbons (Fsp3) is 0.812. The molecule has 138 heavy (non-hydrogen) atoms. The van der Waals surface area contributed by atoms with Gasteiger partial charge in [0.25, 0.3) is 0 Å². The molecule has 12 aliphatic carbocycles. The van der Waals surface area contributed by atoms with Crippen molar-refractivity contribution >= 4 is 53.1 Å². The van der Waals surface area contributed by atoms with E-state index < -0.39 is 49.1 Å². The van der Waals surface area contributed by atoms with Crippen LogP contribution in [0.3, 0.4) is 0 Å². The zero-order valence-electron chi connectivity index (χ0n) is 85.5. The zero-order chi connectivity index (χ0) is 100. The van der Waals surface area contributed by atoms with Gasteiger partial charge in [0.2, 0.25) is 0 Å². The standard InChI is InChI=1S/C19H29NO2.3C18H27NO3.C15H21NO2.C14H19NO3.C6H13IOSi.C4H7Br/c1-4-14(2)15(3)12-18-7-5-6-16(13-20)17(18)19(9-8-18)21-10-11-22-19;2*1-13(14(2)12-20)10-17-5-3-4-15(11-19)16(17)18(7-6-17)21-8-9-22-18;1-3-13(2)15(20)11-17-6-4-5-14(12-19)16(17)18(8-7-17)21-9-10-22-18;1-2-5-14-6-3-4-12(11-16)13(14)15(8-7-14)17-9-10-18-15;15-10-11-2-1-3-13(6-7-16)4-5-14(12(11)13)17-8-9-18-14;1-6(7)5-8-9(2,3)4;1-3-4(2)5/h15-17H,2,4-12H2,1,3H3;2*13,15-16,20H,2-10,12H2,1H3;14-16,20H,2-11H2,1H3;2,12-13H,1,3-10H2;7,11-12H,1-6,8-9H2;1,5H2,2-4H3;2-3H2,1H3/t;2*13-,15?,16?,17?;;;;;/m.10...../s1. The highest BCUT2D eigenvalue weighted by molar-refractivity contribution is 14.1. The van der Waals surface area contributed by atoms with E-state index in [0.29, 0.717) is 98.0 Å². The number of aliphatic hydroxyl groups is 3. The molecule has 6 spiro atoms. The predicted molar refractivity (Wildman–Crippen MR) is 546 cm³/mol. The minimum atomic E-state index is -1.29.